The van der Waals surface area contributed by atoms with E-state index in [0.717, 1.165) is 55.6 Å². The molecule has 1 aliphatic heterocycles. The molecule has 4 heterocycles. The van der Waals surface area contributed by atoms with Gasteiger partial charge in [0, 0.05) is 48.3 Å². The van der Waals surface area contributed by atoms with Crippen LogP contribution < -0.4 is 5.32 Å². The van der Waals surface area contributed by atoms with Crippen molar-refractivity contribution in [3.63, 3.8) is 0 Å². The molecule has 0 unspecified atom stereocenters. The molecule has 188 valence electrons. The number of likely N-dealkylation sites (tertiary alicyclic amines) is 1. The molecule has 35 heavy (non-hydrogen) atoms. The van der Waals surface area contributed by atoms with E-state index in [1.54, 1.807) is 0 Å². The number of piperidine rings is 1. The lowest BCUT2D eigenvalue weighted by Gasteiger charge is -2.32. The molecule has 0 aromatic carbocycles. The Balaban J connectivity index is 1.34. The molecule has 0 bridgehead atoms. The van der Waals surface area contributed by atoms with E-state index in [2.05, 4.69) is 65.1 Å². The zero-order valence-electron chi connectivity index (χ0n) is 21.9. The average Bonchev–Trinajstić information content (AvgIpc) is 3.23. The molecule has 0 spiro atoms. The van der Waals surface area contributed by atoms with Gasteiger partial charge in [0.1, 0.15) is 5.65 Å². The molecule has 3 aromatic rings. The number of anilines is 1. The molecule has 0 atom stereocenters. The lowest BCUT2D eigenvalue weighted by molar-refractivity contribution is 0.205. The highest BCUT2D eigenvalue weighted by atomic mass is 15.2. The fourth-order valence-corrected chi connectivity index (χ4v) is 6.15. The summed E-state index contributed by atoms with van der Waals surface area (Å²) in [7, 11) is 0. The molecular formula is C29H42N6. The average molecular weight is 475 g/mol. The molecule has 1 N–H and O–H groups in total. The monoisotopic (exact) mass is 474 g/mol. The molecule has 2 fully saturated rings. The van der Waals surface area contributed by atoms with Crippen molar-refractivity contribution in [3.8, 4) is 0 Å². The van der Waals surface area contributed by atoms with E-state index in [1.165, 1.54) is 67.9 Å². The van der Waals surface area contributed by atoms with E-state index in [9.17, 15) is 0 Å². The van der Waals surface area contributed by atoms with Gasteiger partial charge in [0.05, 0.1) is 0 Å². The Bertz CT molecular complexity index is 1100. The van der Waals surface area contributed by atoms with Crippen LogP contribution in [0, 0.1) is 13.8 Å². The predicted octanol–water partition coefficient (Wildman–Crippen LogP) is 6.54. The van der Waals surface area contributed by atoms with Crippen molar-refractivity contribution in [2.24, 2.45) is 0 Å². The maximum Gasteiger partial charge on any atom is 0.224 e. The Morgan fingerprint density at radius 1 is 0.971 bits per heavy atom. The maximum atomic E-state index is 5.05. The summed E-state index contributed by atoms with van der Waals surface area (Å²) >= 11 is 0. The SMILES string of the molecule is CCCCNc1ncc2c(C3CCN(Cc4cc(C)nc(C)c4)CC3)cn(C3CCCCC3)c2n1. The van der Waals surface area contributed by atoms with Crippen molar-refractivity contribution in [1.29, 1.82) is 0 Å². The van der Waals surface area contributed by atoms with Crippen molar-refractivity contribution < 1.29 is 0 Å². The van der Waals surface area contributed by atoms with Gasteiger partial charge in [-0.15, -0.1) is 0 Å². The summed E-state index contributed by atoms with van der Waals surface area (Å²) in [5.41, 5.74) is 6.24. The van der Waals surface area contributed by atoms with Crippen LogP contribution in [0.25, 0.3) is 11.0 Å². The number of nitrogens with one attached hydrogen (secondary N) is 1. The van der Waals surface area contributed by atoms with Crippen LogP contribution in [0.2, 0.25) is 0 Å². The standard InChI is InChI=1S/C29H42N6/c1-4-5-13-30-29-31-18-26-27(20-35(28(26)33-29)25-9-7-6-8-10-25)24-11-14-34(15-12-24)19-23-16-21(2)32-22(3)17-23/h16-18,20,24-25H,4-15,19H2,1-3H3,(H,30,31,33). The van der Waals surface area contributed by atoms with E-state index < -0.39 is 0 Å². The van der Waals surface area contributed by atoms with E-state index in [0.29, 0.717) is 12.0 Å². The number of hydrogen-bond acceptors (Lipinski definition) is 5. The van der Waals surface area contributed by atoms with Crippen LogP contribution in [0.5, 0.6) is 0 Å². The van der Waals surface area contributed by atoms with Crippen LogP contribution in [0.15, 0.2) is 24.5 Å². The molecule has 3 aromatic heterocycles. The molecule has 1 saturated carbocycles. The number of hydrogen-bond donors (Lipinski definition) is 1. The van der Waals surface area contributed by atoms with Crippen LogP contribution in [0.4, 0.5) is 5.95 Å². The van der Waals surface area contributed by atoms with Gasteiger partial charge in [-0.3, -0.25) is 9.88 Å². The van der Waals surface area contributed by atoms with Gasteiger partial charge in [-0.05, 0) is 88.2 Å². The molecule has 2 aliphatic rings. The van der Waals surface area contributed by atoms with Gasteiger partial charge >= 0.3 is 0 Å². The third kappa shape index (κ3) is 5.69. The van der Waals surface area contributed by atoms with Crippen molar-refractivity contribution in [2.45, 2.75) is 97.1 Å². The molecule has 0 radical (unpaired) electrons. The summed E-state index contributed by atoms with van der Waals surface area (Å²) in [6.07, 6.45) is 15.9. The van der Waals surface area contributed by atoms with Crippen LogP contribution in [-0.4, -0.2) is 44.1 Å². The van der Waals surface area contributed by atoms with Gasteiger partial charge in [-0.1, -0.05) is 32.6 Å². The largest absolute Gasteiger partial charge is 0.354 e. The second-order valence-corrected chi connectivity index (χ2v) is 10.8. The molecule has 1 saturated heterocycles. The first-order chi connectivity index (χ1) is 17.1. The topological polar surface area (TPSA) is 58.9 Å². The Labute approximate surface area is 210 Å². The molecular weight excluding hydrogens is 432 g/mol. The summed E-state index contributed by atoms with van der Waals surface area (Å²) in [5.74, 6) is 1.37. The lowest BCUT2D eigenvalue weighted by Crippen LogP contribution is -2.32. The van der Waals surface area contributed by atoms with Gasteiger partial charge in [0.2, 0.25) is 5.95 Å². The van der Waals surface area contributed by atoms with E-state index in [1.807, 2.05) is 0 Å². The smallest absolute Gasteiger partial charge is 0.224 e. The zero-order valence-corrected chi connectivity index (χ0v) is 21.9. The van der Waals surface area contributed by atoms with Crippen molar-refractivity contribution in [1.82, 2.24) is 24.4 Å². The first-order valence-corrected chi connectivity index (χ1v) is 13.9. The van der Waals surface area contributed by atoms with Gasteiger partial charge in [0.25, 0.3) is 0 Å². The van der Waals surface area contributed by atoms with E-state index >= 15 is 0 Å². The van der Waals surface area contributed by atoms with Crippen molar-refractivity contribution in [2.75, 3.05) is 25.0 Å². The molecule has 1 aliphatic carbocycles. The number of nitrogens with zero attached hydrogens (tertiary/aromatic N) is 5. The minimum Gasteiger partial charge on any atom is -0.354 e. The number of aryl methyl sites for hydroxylation is 2. The number of rotatable bonds is 8. The molecule has 6 nitrogen and oxygen atoms in total. The highest BCUT2D eigenvalue weighted by molar-refractivity contribution is 5.81. The fourth-order valence-electron chi connectivity index (χ4n) is 6.15. The van der Waals surface area contributed by atoms with E-state index in [4.69, 9.17) is 9.97 Å². The first kappa shape index (κ1) is 24.2. The number of fused-ring (bicyclic) bond motifs is 1. The van der Waals surface area contributed by atoms with Gasteiger partial charge in [-0.25, -0.2) is 4.98 Å². The van der Waals surface area contributed by atoms with Gasteiger partial charge in [0.15, 0.2) is 0 Å². The first-order valence-electron chi connectivity index (χ1n) is 13.9. The summed E-state index contributed by atoms with van der Waals surface area (Å²) in [5, 5.41) is 4.72. The Morgan fingerprint density at radius 3 is 2.43 bits per heavy atom. The van der Waals surface area contributed by atoms with Crippen LogP contribution in [0.3, 0.4) is 0 Å². The Hall–Kier alpha value is -2.47. The summed E-state index contributed by atoms with van der Waals surface area (Å²) < 4.78 is 2.52. The normalized spacial score (nSPS) is 18.4. The molecule has 6 heteroatoms. The van der Waals surface area contributed by atoms with Crippen LogP contribution >= 0.6 is 0 Å². The summed E-state index contributed by atoms with van der Waals surface area (Å²) in [6, 6.07) is 5.05. The van der Waals surface area contributed by atoms with Crippen molar-refractivity contribution >= 4 is 17.0 Å². The number of aromatic nitrogens is 4. The second kappa shape index (κ2) is 11.1. The van der Waals surface area contributed by atoms with E-state index in [-0.39, 0.29) is 0 Å². The van der Waals surface area contributed by atoms with Gasteiger partial charge < -0.3 is 9.88 Å². The zero-order chi connectivity index (χ0) is 24.2. The molecule has 5 rings (SSSR count). The third-order valence-electron chi connectivity index (χ3n) is 7.96. The fraction of sp³-hybridized carbons (Fsp3) is 0.621. The predicted molar refractivity (Wildman–Crippen MR) is 144 cm³/mol. The minimum absolute atomic E-state index is 0.580. The Kier molecular flexibility index (Phi) is 7.66. The second-order valence-electron chi connectivity index (χ2n) is 10.8. The molecule has 0 amide bonds. The number of unbranched alkanes of at least 4 members (excludes halogenated alkanes) is 1. The highest BCUT2D eigenvalue weighted by Crippen LogP contribution is 2.38. The summed E-state index contributed by atoms with van der Waals surface area (Å²) in [4.78, 5) is 16.9. The van der Waals surface area contributed by atoms with Crippen LogP contribution in [-0.2, 0) is 6.54 Å². The minimum atomic E-state index is 0.580. The maximum absolute atomic E-state index is 5.05. The van der Waals surface area contributed by atoms with Crippen LogP contribution in [0.1, 0.15) is 99.2 Å². The number of pyridine rings is 1. The van der Waals surface area contributed by atoms with Gasteiger partial charge in [-0.2, -0.15) is 4.98 Å². The Morgan fingerprint density at radius 2 is 1.71 bits per heavy atom. The third-order valence-corrected chi connectivity index (χ3v) is 7.96. The summed E-state index contributed by atoms with van der Waals surface area (Å²) in [6.45, 7) is 10.6. The quantitative estimate of drug-likeness (QED) is 0.376. The van der Waals surface area contributed by atoms with Crippen molar-refractivity contribution in [3.05, 3.63) is 47.0 Å². The highest BCUT2D eigenvalue weighted by Gasteiger charge is 2.27. The lowest BCUT2D eigenvalue weighted by atomic mass is 9.89.